The molecular formula is C71H113N11O23S5. The molecule has 110 heavy (non-hydrogen) atoms. The maximum Gasteiger partial charge on any atom is 0.315 e. The Balaban J connectivity index is 1.06. The molecule has 1 saturated carbocycles. The Hall–Kier alpha value is -7.01. The summed E-state index contributed by atoms with van der Waals surface area (Å²) in [4.78, 5) is 109. The lowest BCUT2D eigenvalue weighted by molar-refractivity contribution is -0.125. The number of rotatable bonds is 53. The predicted octanol–water partition coefficient (Wildman–Crippen LogP) is 4.82. The number of nitrogens with one attached hydrogen (secondary N) is 10. The zero-order chi connectivity index (χ0) is 79.8. The molecule has 10 amide bonds. The van der Waals surface area contributed by atoms with E-state index in [4.69, 9.17) is 34.2 Å². The molecule has 620 valence electrons. The fraction of sp³-hybridized carbons (Fsp3) is 0.718. The third kappa shape index (κ3) is 31.9. The van der Waals surface area contributed by atoms with Gasteiger partial charge < -0.3 is 87.3 Å². The van der Waals surface area contributed by atoms with Crippen molar-refractivity contribution in [2.45, 2.75) is 240 Å². The highest BCUT2D eigenvalue weighted by atomic mass is 32.2. The fourth-order valence-electron chi connectivity index (χ4n) is 13.5. The SMILES string of the molecule is CCCCOc1cc(C(=O)NC(CCCCNC(=O)CCCCC2SCC3NC(=O)NC32)C(=O)NC2CC(N)CC(NC(=O)C(CCCCNC(=O)CCCCC3SCC4NC(=O)NC43)NC(=O)c3cc(OCCC)c(OCCCS(=O)(=O)O)c(OCCCS(=O)(=O)O)c3)C2)cc(OCCC)c1OCCCS(=O)(=O)O. The highest BCUT2D eigenvalue weighted by molar-refractivity contribution is 8.00. The number of hydrogen-bond donors (Lipinski definition) is 14. The number of benzene rings is 2. The third-order valence-corrected chi connectivity index (χ3v) is 24.4. The molecule has 4 aliphatic heterocycles. The van der Waals surface area contributed by atoms with Crippen molar-refractivity contribution < 1.29 is 106 Å². The van der Waals surface area contributed by atoms with Gasteiger partial charge in [-0.1, -0.05) is 40.0 Å². The Bertz CT molecular complexity index is 3740. The van der Waals surface area contributed by atoms with Crippen molar-refractivity contribution in [1.82, 2.24) is 53.2 Å². The molecule has 11 atom stereocenters. The van der Waals surface area contributed by atoms with Gasteiger partial charge in [-0.3, -0.25) is 42.4 Å². The minimum atomic E-state index is -4.41. The van der Waals surface area contributed by atoms with E-state index in [9.17, 15) is 77.3 Å². The first-order chi connectivity index (χ1) is 52.5. The summed E-state index contributed by atoms with van der Waals surface area (Å²) in [5, 5.41) is 30.2. The minimum Gasteiger partial charge on any atom is -0.490 e. The summed E-state index contributed by atoms with van der Waals surface area (Å²) in [6, 6.07) is 1.06. The van der Waals surface area contributed by atoms with Crippen molar-refractivity contribution in [2.24, 2.45) is 5.73 Å². The molecule has 5 aliphatic rings. The van der Waals surface area contributed by atoms with Crippen molar-refractivity contribution in [3.05, 3.63) is 35.4 Å². The monoisotopic (exact) mass is 1650 g/mol. The normalized spacial score (nSPS) is 21.3. The van der Waals surface area contributed by atoms with E-state index >= 15 is 0 Å². The number of amides is 10. The lowest BCUT2D eigenvalue weighted by Crippen LogP contribution is -2.57. The zero-order valence-corrected chi connectivity index (χ0v) is 67.0. The number of carbonyl (C=O) groups is 8. The van der Waals surface area contributed by atoms with Crippen LogP contribution in [-0.4, -0.2) is 233 Å². The van der Waals surface area contributed by atoms with Crippen molar-refractivity contribution in [1.29, 1.82) is 0 Å². The molecule has 0 bridgehead atoms. The second kappa shape index (κ2) is 45.6. The summed E-state index contributed by atoms with van der Waals surface area (Å²) < 4.78 is 134. The molecule has 1 aliphatic carbocycles. The Kier molecular flexibility index (Phi) is 37.4. The molecule has 4 heterocycles. The van der Waals surface area contributed by atoms with Crippen LogP contribution in [0.3, 0.4) is 0 Å². The summed E-state index contributed by atoms with van der Waals surface area (Å²) in [6.45, 7) is 5.90. The van der Waals surface area contributed by atoms with Crippen LogP contribution < -0.4 is 87.3 Å². The summed E-state index contributed by atoms with van der Waals surface area (Å²) in [5.74, 6) is -3.16. The number of hydrogen-bond acceptors (Lipinski definition) is 23. The number of unbranched alkanes of at least 4 members (excludes halogenated alkanes) is 5. The van der Waals surface area contributed by atoms with Crippen LogP contribution in [0.25, 0.3) is 0 Å². The molecule has 0 aromatic heterocycles. The first-order valence-electron chi connectivity index (χ1n) is 38.3. The topological polar surface area (TPSA) is 501 Å². The highest BCUT2D eigenvalue weighted by Crippen LogP contribution is 2.42. The van der Waals surface area contributed by atoms with Crippen molar-refractivity contribution in [3.63, 3.8) is 0 Å². The first kappa shape index (κ1) is 90.2. The van der Waals surface area contributed by atoms with Gasteiger partial charge in [-0.15, -0.1) is 0 Å². The summed E-state index contributed by atoms with van der Waals surface area (Å²) in [6.07, 6.45) is 9.35. The summed E-state index contributed by atoms with van der Waals surface area (Å²) in [7, 11) is -13.1. The van der Waals surface area contributed by atoms with Gasteiger partial charge in [0.1, 0.15) is 12.1 Å². The lowest BCUT2D eigenvalue weighted by Gasteiger charge is -2.35. The second-order valence-corrected chi connectivity index (χ2v) is 35.6. The van der Waals surface area contributed by atoms with Crippen LogP contribution in [0.4, 0.5) is 9.59 Å². The predicted molar refractivity (Wildman–Crippen MR) is 414 cm³/mol. The zero-order valence-electron chi connectivity index (χ0n) is 62.9. The fourth-order valence-corrected chi connectivity index (χ4v) is 18.0. The molecule has 5 fully saturated rings. The van der Waals surface area contributed by atoms with E-state index < -0.39 is 101 Å². The third-order valence-electron chi connectivity index (χ3n) is 19.0. The number of urea groups is 2. The van der Waals surface area contributed by atoms with Gasteiger partial charge >= 0.3 is 12.1 Å². The van der Waals surface area contributed by atoms with E-state index in [0.717, 1.165) is 43.6 Å². The molecule has 0 spiro atoms. The highest BCUT2D eigenvalue weighted by Gasteiger charge is 2.44. The van der Waals surface area contributed by atoms with E-state index in [-0.39, 0.29) is 215 Å². The van der Waals surface area contributed by atoms with Crippen LogP contribution >= 0.6 is 23.5 Å². The van der Waals surface area contributed by atoms with Gasteiger partial charge in [0.2, 0.25) is 35.1 Å². The Morgan fingerprint density at radius 2 is 0.855 bits per heavy atom. The van der Waals surface area contributed by atoms with Gasteiger partial charge in [-0.05, 0) is 146 Å². The molecule has 2 aromatic carbocycles. The van der Waals surface area contributed by atoms with Gasteiger partial charge in [0.25, 0.3) is 42.2 Å². The van der Waals surface area contributed by atoms with Crippen LogP contribution in [0.5, 0.6) is 34.5 Å². The average Bonchev–Trinajstić information content (AvgIpc) is 1.14. The maximum atomic E-state index is 14.9. The molecule has 39 heteroatoms. The van der Waals surface area contributed by atoms with Crippen molar-refractivity contribution in [3.8, 4) is 34.5 Å². The average molecular weight is 1650 g/mol. The van der Waals surface area contributed by atoms with Crippen LogP contribution in [0.2, 0.25) is 0 Å². The lowest BCUT2D eigenvalue weighted by atomic mass is 9.87. The second-order valence-electron chi connectivity index (χ2n) is 28.3. The van der Waals surface area contributed by atoms with Crippen LogP contribution in [-0.2, 0) is 49.5 Å². The first-order valence-corrected chi connectivity index (χ1v) is 45.3. The summed E-state index contributed by atoms with van der Waals surface area (Å²) in [5.41, 5.74) is 6.66. The molecular weight excluding hydrogens is 1540 g/mol. The Labute approximate surface area is 653 Å². The molecule has 2 aromatic rings. The Morgan fingerprint density at radius 3 is 1.23 bits per heavy atom. The molecule has 7 rings (SSSR count). The van der Waals surface area contributed by atoms with E-state index in [0.29, 0.717) is 64.2 Å². The van der Waals surface area contributed by atoms with Crippen LogP contribution in [0.15, 0.2) is 24.3 Å². The number of fused-ring (bicyclic) bond motifs is 2. The number of thioether (sulfide) groups is 2. The van der Waals surface area contributed by atoms with Gasteiger partial charge in [-0.25, -0.2) is 9.59 Å². The van der Waals surface area contributed by atoms with E-state index in [2.05, 4.69) is 53.2 Å². The molecule has 11 unspecified atom stereocenters. The smallest absolute Gasteiger partial charge is 0.315 e. The van der Waals surface area contributed by atoms with E-state index in [1.54, 1.807) is 11.8 Å². The molecule has 4 saturated heterocycles. The van der Waals surface area contributed by atoms with Gasteiger partial charge in [-0.2, -0.15) is 48.8 Å². The quantitative estimate of drug-likeness (QED) is 0.0240. The van der Waals surface area contributed by atoms with E-state index in [1.807, 2.05) is 32.5 Å². The van der Waals surface area contributed by atoms with Crippen molar-refractivity contribution in [2.75, 3.05) is 81.5 Å². The van der Waals surface area contributed by atoms with Crippen molar-refractivity contribution >= 4 is 101 Å². The number of nitrogens with two attached hydrogens (primary N) is 1. The molecule has 0 radical (unpaired) electrons. The van der Waals surface area contributed by atoms with Gasteiger partial charge in [0, 0.05) is 77.2 Å². The summed E-state index contributed by atoms with van der Waals surface area (Å²) >= 11 is 3.61. The van der Waals surface area contributed by atoms with Gasteiger partial charge in [0.15, 0.2) is 23.0 Å². The van der Waals surface area contributed by atoms with E-state index in [1.165, 1.54) is 24.3 Å². The standard InChI is InChI=1S/C71H113N11O23S5/c1-4-7-29-102-56-38-45(36-54(100-27-5-2)64(56)104-31-17-34-109(94,95)96)66(85)77-50(19-12-14-25-73-60(83)23-10-8-21-58-62-52(43-106-58)79-70(89)81-62)68(87)75-48-40-47(72)41-49(42-48)76-69(88)51(20-13-15-26-74-61(84)24-11-9-22-59-63-53(44-107-59)80-71(90)82-63)78-67(86)46-37-55(101-28-6-3)65(105-32-18-35-110(97,98)99)57(39-46)103-30-16-33-108(91,92)93/h36-39,47-53,58-59,62-63H,4-35,40-44,72H2,1-3H3,(H,73,83)(H,74,84)(H,75,87)(H,76,88)(H,77,85)(H,78,86)(H2,79,81,89)(H2,80,82,90)(H,91,92,93)(H,94,95,96)(H,97,98,99). The largest absolute Gasteiger partial charge is 0.490 e. The molecule has 34 nitrogen and oxygen atoms in total. The van der Waals surface area contributed by atoms with Gasteiger partial charge in [0.05, 0.1) is 81.1 Å². The Morgan fingerprint density at radius 1 is 0.482 bits per heavy atom. The number of ether oxygens (including phenoxy) is 6. The number of carbonyl (C=O) groups excluding carboxylic acids is 8. The minimum absolute atomic E-state index is 0.0347. The maximum absolute atomic E-state index is 14.9. The molecule has 15 N–H and O–H groups in total. The van der Waals surface area contributed by atoms with Crippen LogP contribution in [0, 0.1) is 0 Å². The van der Waals surface area contributed by atoms with Crippen LogP contribution in [0.1, 0.15) is 196 Å².